The number of nitrogens with two attached hydrogens (primary N) is 1. The van der Waals surface area contributed by atoms with E-state index in [2.05, 4.69) is 50.9 Å². The van der Waals surface area contributed by atoms with Crippen LogP contribution in [0.1, 0.15) is 25.0 Å². The molecule has 0 unspecified atom stereocenters. The molecule has 0 aliphatic rings. The summed E-state index contributed by atoms with van der Waals surface area (Å²) in [6, 6.07) is 6.33. The molecule has 17 heavy (non-hydrogen) atoms. The van der Waals surface area contributed by atoms with E-state index in [1.54, 1.807) is 0 Å². The van der Waals surface area contributed by atoms with Gasteiger partial charge < -0.3 is 10.6 Å². The standard InChI is InChI=1S/C14H23N3/c1-10(2)9-16-14(15)17(5)13-7-6-11(3)8-12(13)4/h6-8,10H,9H2,1-5H3,(H2,15,16). The van der Waals surface area contributed by atoms with Gasteiger partial charge in [-0.1, -0.05) is 31.5 Å². The number of hydrogen-bond acceptors (Lipinski definition) is 1. The number of guanidine groups is 1. The van der Waals surface area contributed by atoms with Crippen molar-refractivity contribution < 1.29 is 0 Å². The van der Waals surface area contributed by atoms with E-state index in [4.69, 9.17) is 5.73 Å². The maximum absolute atomic E-state index is 5.98. The third kappa shape index (κ3) is 3.77. The lowest BCUT2D eigenvalue weighted by Crippen LogP contribution is -2.34. The Morgan fingerprint density at radius 2 is 2.00 bits per heavy atom. The maximum atomic E-state index is 5.98. The monoisotopic (exact) mass is 233 g/mol. The van der Waals surface area contributed by atoms with Crippen molar-refractivity contribution in [2.24, 2.45) is 16.6 Å². The molecule has 0 amide bonds. The van der Waals surface area contributed by atoms with Crippen LogP contribution >= 0.6 is 0 Å². The van der Waals surface area contributed by atoms with E-state index in [9.17, 15) is 0 Å². The lowest BCUT2D eigenvalue weighted by molar-refractivity contribution is 0.664. The second kappa shape index (κ2) is 5.71. The summed E-state index contributed by atoms with van der Waals surface area (Å²) in [7, 11) is 1.96. The molecule has 0 bridgehead atoms. The SMILES string of the molecule is Cc1ccc(N(C)C(N)=NCC(C)C)c(C)c1. The van der Waals surface area contributed by atoms with Gasteiger partial charge in [-0.2, -0.15) is 0 Å². The van der Waals surface area contributed by atoms with Crippen molar-refractivity contribution in [2.45, 2.75) is 27.7 Å². The van der Waals surface area contributed by atoms with Crippen LogP contribution in [0.3, 0.4) is 0 Å². The first-order chi connectivity index (χ1) is 7.91. The Balaban J connectivity index is 2.88. The van der Waals surface area contributed by atoms with Crippen LogP contribution in [0, 0.1) is 19.8 Å². The summed E-state index contributed by atoms with van der Waals surface area (Å²) in [6.07, 6.45) is 0. The predicted octanol–water partition coefficient (Wildman–Crippen LogP) is 2.71. The number of aliphatic imine (C=N–C) groups is 1. The largest absolute Gasteiger partial charge is 0.370 e. The lowest BCUT2D eigenvalue weighted by atomic mass is 10.1. The number of nitrogens with zero attached hydrogens (tertiary/aromatic N) is 2. The van der Waals surface area contributed by atoms with E-state index in [0.29, 0.717) is 11.9 Å². The number of benzene rings is 1. The average molecular weight is 233 g/mol. The van der Waals surface area contributed by atoms with Gasteiger partial charge in [0.25, 0.3) is 0 Å². The topological polar surface area (TPSA) is 41.6 Å². The summed E-state index contributed by atoms with van der Waals surface area (Å²) in [5.41, 5.74) is 9.57. The fourth-order valence-corrected chi connectivity index (χ4v) is 1.69. The molecule has 3 heteroatoms. The third-order valence-corrected chi connectivity index (χ3v) is 2.68. The second-order valence-corrected chi connectivity index (χ2v) is 4.94. The van der Waals surface area contributed by atoms with Crippen LogP contribution in [0.25, 0.3) is 0 Å². The van der Waals surface area contributed by atoms with E-state index in [-0.39, 0.29) is 0 Å². The maximum Gasteiger partial charge on any atom is 0.195 e. The number of aryl methyl sites for hydroxylation is 2. The predicted molar refractivity (Wildman–Crippen MR) is 75.6 cm³/mol. The summed E-state index contributed by atoms with van der Waals surface area (Å²) >= 11 is 0. The average Bonchev–Trinajstić information content (AvgIpc) is 2.25. The Labute approximate surface area is 104 Å². The van der Waals surface area contributed by atoms with Crippen LogP contribution < -0.4 is 10.6 Å². The van der Waals surface area contributed by atoms with Gasteiger partial charge in [-0.25, -0.2) is 0 Å². The van der Waals surface area contributed by atoms with Crippen LogP contribution in [0.2, 0.25) is 0 Å². The zero-order chi connectivity index (χ0) is 13.0. The Kier molecular flexibility index (Phi) is 4.55. The van der Waals surface area contributed by atoms with Crippen molar-refractivity contribution >= 4 is 11.6 Å². The highest BCUT2D eigenvalue weighted by atomic mass is 15.2. The minimum atomic E-state index is 0.529. The van der Waals surface area contributed by atoms with Crippen molar-refractivity contribution in [3.8, 4) is 0 Å². The van der Waals surface area contributed by atoms with Gasteiger partial charge in [0.15, 0.2) is 5.96 Å². The molecule has 1 aromatic carbocycles. The smallest absolute Gasteiger partial charge is 0.195 e. The van der Waals surface area contributed by atoms with E-state index < -0.39 is 0 Å². The summed E-state index contributed by atoms with van der Waals surface area (Å²) in [5, 5.41) is 0. The molecular weight excluding hydrogens is 210 g/mol. The molecule has 0 atom stereocenters. The van der Waals surface area contributed by atoms with Crippen molar-refractivity contribution in [1.82, 2.24) is 0 Å². The molecule has 0 spiro atoms. The summed E-state index contributed by atoms with van der Waals surface area (Å²) < 4.78 is 0. The number of anilines is 1. The first-order valence-electron chi connectivity index (χ1n) is 6.02. The van der Waals surface area contributed by atoms with Crippen LogP contribution in [0.15, 0.2) is 23.2 Å². The molecule has 2 N–H and O–H groups in total. The van der Waals surface area contributed by atoms with Gasteiger partial charge in [-0.05, 0) is 31.4 Å². The summed E-state index contributed by atoms with van der Waals surface area (Å²) in [6.45, 7) is 9.21. The molecule has 0 saturated carbocycles. The number of hydrogen-bond donors (Lipinski definition) is 1. The minimum Gasteiger partial charge on any atom is -0.370 e. The molecule has 0 fully saturated rings. The van der Waals surface area contributed by atoms with Gasteiger partial charge >= 0.3 is 0 Å². The van der Waals surface area contributed by atoms with Crippen molar-refractivity contribution in [2.75, 3.05) is 18.5 Å². The molecule has 1 aromatic rings. The third-order valence-electron chi connectivity index (χ3n) is 2.68. The molecule has 0 heterocycles. The fourth-order valence-electron chi connectivity index (χ4n) is 1.69. The Morgan fingerprint density at radius 1 is 1.35 bits per heavy atom. The van der Waals surface area contributed by atoms with E-state index in [1.165, 1.54) is 11.1 Å². The Bertz CT molecular complexity index is 408. The first-order valence-corrected chi connectivity index (χ1v) is 6.02. The molecule has 1 rings (SSSR count). The van der Waals surface area contributed by atoms with Crippen LogP contribution in [-0.4, -0.2) is 19.6 Å². The normalized spacial score (nSPS) is 12.0. The molecule has 0 aromatic heterocycles. The lowest BCUT2D eigenvalue weighted by Gasteiger charge is -2.21. The van der Waals surface area contributed by atoms with E-state index in [1.807, 2.05) is 11.9 Å². The van der Waals surface area contributed by atoms with Crippen molar-refractivity contribution in [3.63, 3.8) is 0 Å². The van der Waals surface area contributed by atoms with E-state index >= 15 is 0 Å². The highest BCUT2D eigenvalue weighted by Crippen LogP contribution is 2.19. The molecule has 0 saturated heterocycles. The van der Waals surface area contributed by atoms with Crippen molar-refractivity contribution in [1.29, 1.82) is 0 Å². The zero-order valence-corrected chi connectivity index (χ0v) is 11.5. The van der Waals surface area contributed by atoms with Crippen LogP contribution in [0.4, 0.5) is 5.69 Å². The summed E-state index contributed by atoms with van der Waals surface area (Å²) in [5.74, 6) is 1.10. The van der Waals surface area contributed by atoms with Gasteiger partial charge in [-0.15, -0.1) is 0 Å². The van der Waals surface area contributed by atoms with Crippen LogP contribution in [-0.2, 0) is 0 Å². The van der Waals surface area contributed by atoms with Gasteiger partial charge in [0.1, 0.15) is 0 Å². The fraction of sp³-hybridized carbons (Fsp3) is 0.500. The molecule has 3 nitrogen and oxygen atoms in total. The molecule has 0 aliphatic heterocycles. The van der Waals surface area contributed by atoms with Gasteiger partial charge in [-0.3, -0.25) is 4.99 Å². The molecule has 0 aliphatic carbocycles. The zero-order valence-electron chi connectivity index (χ0n) is 11.5. The minimum absolute atomic E-state index is 0.529. The summed E-state index contributed by atoms with van der Waals surface area (Å²) in [4.78, 5) is 6.33. The van der Waals surface area contributed by atoms with Gasteiger partial charge in [0.2, 0.25) is 0 Å². The van der Waals surface area contributed by atoms with Crippen LogP contribution in [0.5, 0.6) is 0 Å². The second-order valence-electron chi connectivity index (χ2n) is 4.94. The quantitative estimate of drug-likeness (QED) is 0.644. The van der Waals surface area contributed by atoms with Gasteiger partial charge in [0, 0.05) is 19.3 Å². The molecule has 94 valence electrons. The molecule has 0 radical (unpaired) electrons. The number of rotatable bonds is 3. The highest BCUT2D eigenvalue weighted by molar-refractivity contribution is 5.95. The Hall–Kier alpha value is -1.51. The molecular formula is C14H23N3. The van der Waals surface area contributed by atoms with Crippen molar-refractivity contribution in [3.05, 3.63) is 29.3 Å². The van der Waals surface area contributed by atoms with Gasteiger partial charge in [0.05, 0.1) is 0 Å². The van der Waals surface area contributed by atoms with E-state index in [0.717, 1.165) is 12.2 Å². The highest BCUT2D eigenvalue weighted by Gasteiger charge is 2.08. The Morgan fingerprint density at radius 3 is 2.53 bits per heavy atom. The first kappa shape index (κ1) is 13.6.